The summed E-state index contributed by atoms with van der Waals surface area (Å²) in [6.07, 6.45) is 1.61. The molecule has 0 aliphatic rings. The van der Waals surface area contributed by atoms with Crippen LogP contribution in [0.5, 0.6) is 0 Å². The Kier molecular flexibility index (Phi) is 5.02. The Labute approximate surface area is 154 Å². The molecule has 0 fully saturated rings. The van der Waals surface area contributed by atoms with E-state index >= 15 is 0 Å². The molecule has 26 heavy (non-hydrogen) atoms. The van der Waals surface area contributed by atoms with Gasteiger partial charge in [0.1, 0.15) is 0 Å². The van der Waals surface area contributed by atoms with E-state index in [0.717, 1.165) is 35.0 Å². The number of aryl methyl sites for hydroxylation is 1. The topological polar surface area (TPSA) is 82.5 Å². The molecule has 7 nitrogen and oxygen atoms in total. The summed E-state index contributed by atoms with van der Waals surface area (Å²) in [5.41, 5.74) is 1.91. The van der Waals surface area contributed by atoms with Crippen molar-refractivity contribution in [1.29, 1.82) is 0 Å². The second kappa shape index (κ2) is 7.92. The van der Waals surface area contributed by atoms with Crippen LogP contribution in [0.2, 0.25) is 0 Å². The fourth-order valence-electron chi connectivity index (χ4n) is 2.45. The van der Waals surface area contributed by atoms with E-state index in [0.29, 0.717) is 11.7 Å². The molecule has 4 rings (SSSR count). The third kappa shape index (κ3) is 3.80. The first kappa shape index (κ1) is 16.5. The lowest BCUT2D eigenvalue weighted by molar-refractivity contribution is 0.378. The van der Waals surface area contributed by atoms with E-state index in [1.54, 1.807) is 16.4 Å². The monoisotopic (exact) mass is 364 g/mol. The molecule has 0 N–H and O–H groups in total. The maximum Gasteiger partial charge on any atom is 0.226 e. The fraction of sp³-hybridized carbons (Fsp3) is 0.167. The Morgan fingerprint density at radius 1 is 0.962 bits per heavy atom. The standard InChI is InChI=1S/C18H16N6OS/c1-3-8-14(9-4-1)17-19-16(25-21-17)12-7-13-26-18-20-22-23-24(18)15-10-5-2-6-11-15/h1-6,8-11H,7,12-13H2. The molecule has 4 aromatic rings. The van der Waals surface area contributed by atoms with Crippen LogP contribution in [0.4, 0.5) is 0 Å². The SMILES string of the molecule is c1ccc(-c2noc(CCCSc3nnnn3-c3ccccc3)n2)cc1. The van der Waals surface area contributed by atoms with E-state index in [1.807, 2.05) is 60.7 Å². The van der Waals surface area contributed by atoms with Gasteiger partial charge in [0.25, 0.3) is 0 Å². The Balaban J connectivity index is 1.32. The predicted molar refractivity (Wildman–Crippen MR) is 97.9 cm³/mol. The zero-order valence-corrected chi connectivity index (χ0v) is 14.7. The molecule has 0 saturated heterocycles. The van der Waals surface area contributed by atoms with Gasteiger partial charge in [0.15, 0.2) is 0 Å². The van der Waals surface area contributed by atoms with Crippen molar-refractivity contribution in [2.75, 3.05) is 5.75 Å². The van der Waals surface area contributed by atoms with Gasteiger partial charge in [-0.2, -0.15) is 9.67 Å². The molecule has 0 aliphatic carbocycles. The molecular weight excluding hydrogens is 348 g/mol. The average molecular weight is 364 g/mol. The van der Waals surface area contributed by atoms with Crippen molar-refractivity contribution in [3.8, 4) is 17.1 Å². The minimum absolute atomic E-state index is 0.626. The minimum Gasteiger partial charge on any atom is -0.339 e. The third-order valence-electron chi connectivity index (χ3n) is 3.71. The average Bonchev–Trinajstić information content (AvgIpc) is 3.36. The van der Waals surface area contributed by atoms with Crippen LogP contribution in [0.1, 0.15) is 12.3 Å². The molecule has 0 spiro atoms. The summed E-state index contributed by atoms with van der Waals surface area (Å²) in [6, 6.07) is 19.7. The van der Waals surface area contributed by atoms with Crippen molar-refractivity contribution in [2.45, 2.75) is 18.0 Å². The van der Waals surface area contributed by atoms with Crippen molar-refractivity contribution in [1.82, 2.24) is 30.3 Å². The van der Waals surface area contributed by atoms with Gasteiger partial charge >= 0.3 is 0 Å². The number of para-hydroxylation sites is 1. The molecule has 0 unspecified atom stereocenters. The van der Waals surface area contributed by atoms with Gasteiger partial charge in [0, 0.05) is 17.7 Å². The number of tetrazole rings is 1. The summed E-state index contributed by atoms with van der Waals surface area (Å²) in [6.45, 7) is 0. The summed E-state index contributed by atoms with van der Waals surface area (Å²) in [5, 5.41) is 16.7. The van der Waals surface area contributed by atoms with Gasteiger partial charge < -0.3 is 4.52 Å². The molecule has 2 aromatic carbocycles. The summed E-state index contributed by atoms with van der Waals surface area (Å²) in [5.74, 6) is 2.13. The number of benzene rings is 2. The van der Waals surface area contributed by atoms with Gasteiger partial charge in [0.2, 0.25) is 16.9 Å². The summed E-state index contributed by atoms with van der Waals surface area (Å²) in [7, 11) is 0. The molecule has 0 radical (unpaired) electrons. The molecule has 0 saturated carbocycles. The van der Waals surface area contributed by atoms with E-state index < -0.39 is 0 Å². The predicted octanol–water partition coefficient (Wildman–Crippen LogP) is 3.44. The van der Waals surface area contributed by atoms with Gasteiger partial charge in [-0.3, -0.25) is 0 Å². The Hall–Kier alpha value is -3.00. The van der Waals surface area contributed by atoms with Crippen LogP contribution in [0.3, 0.4) is 0 Å². The summed E-state index contributed by atoms with van der Waals surface area (Å²) < 4.78 is 7.07. The highest BCUT2D eigenvalue weighted by atomic mass is 32.2. The van der Waals surface area contributed by atoms with Gasteiger partial charge in [-0.15, -0.1) is 5.10 Å². The number of rotatable bonds is 7. The number of hydrogen-bond donors (Lipinski definition) is 0. The molecule has 130 valence electrons. The quantitative estimate of drug-likeness (QED) is 0.367. The van der Waals surface area contributed by atoms with E-state index in [2.05, 4.69) is 25.7 Å². The molecule has 0 bridgehead atoms. The lowest BCUT2D eigenvalue weighted by Crippen LogP contribution is -1.99. The second-order valence-electron chi connectivity index (χ2n) is 5.54. The van der Waals surface area contributed by atoms with Crippen molar-refractivity contribution < 1.29 is 4.52 Å². The number of hydrogen-bond acceptors (Lipinski definition) is 7. The van der Waals surface area contributed by atoms with Crippen LogP contribution >= 0.6 is 11.8 Å². The van der Waals surface area contributed by atoms with Gasteiger partial charge in [0.05, 0.1) is 5.69 Å². The van der Waals surface area contributed by atoms with E-state index in [1.165, 1.54) is 0 Å². The normalized spacial score (nSPS) is 10.9. The van der Waals surface area contributed by atoms with E-state index in [9.17, 15) is 0 Å². The van der Waals surface area contributed by atoms with Gasteiger partial charge in [-0.25, -0.2) is 0 Å². The Bertz CT molecular complexity index is 954. The van der Waals surface area contributed by atoms with Gasteiger partial charge in [-0.05, 0) is 29.0 Å². The smallest absolute Gasteiger partial charge is 0.226 e. The number of aromatic nitrogens is 6. The van der Waals surface area contributed by atoms with Crippen LogP contribution in [0.15, 0.2) is 70.3 Å². The fourth-order valence-corrected chi connectivity index (χ4v) is 3.28. The van der Waals surface area contributed by atoms with Crippen LogP contribution < -0.4 is 0 Å². The molecule has 2 aromatic heterocycles. The zero-order chi connectivity index (χ0) is 17.6. The highest BCUT2D eigenvalue weighted by molar-refractivity contribution is 7.99. The maximum atomic E-state index is 5.33. The van der Waals surface area contributed by atoms with Crippen LogP contribution in [0, 0.1) is 0 Å². The van der Waals surface area contributed by atoms with Crippen molar-refractivity contribution in [3.05, 3.63) is 66.6 Å². The molecular formula is C18H16N6OS. The molecule has 8 heteroatoms. The third-order valence-corrected chi connectivity index (χ3v) is 4.71. The van der Waals surface area contributed by atoms with Crippen LogP contribution in [0.25, 0.3) is 17.1 Å². The second-order valence-corrected chi connectivity index (χ2v) is 6.60. The van der Waals surface area contributed by atoms with Crippen molar-refractivity contribution in [2.24, 2.45) is 0 Å². The van der Waals surface area contributed by atoms with Crippen LogP contribution in [-0.4, -0.2) is 36.1 Å². The van der Waals surface area contributed by atoms with Crippen LogP contribution in [-0.2, 0) is 6.42 Å². The molecule has 0 amide bonds. The molecule has 0 aliphatic heterocycles. The Morgan fingerprint density at radius 2 is 1.73 bits per heavy atom. The number of thioether (sulfide) groups is 1. The van der Waals surface area contributed by atoms with Crippen molar-refractivity contribution in [3.63, 3.8) is 0 Å². The Morgan fingerprint density at radius 3 is 2.54 bits per heavy atom. The first-order valence-corrected chi connectivity index (χ1v) is 9.23. The largest absolute Gasteiger partial charge is 0.339 e. The van der Waals surface area contributed by atoms with Crippen molar-refractivity contribution >= 4 is 11.8 Å². The highest BCUT2D eigenvalue weighted by Crippen LogP contribution is 2.20. The van der Waals surface area contributed by atoms with E-state index in [4.69, 9.17) is 4.52 Å². The zero-order valence-electron chi connectivity index (χ0n) is 13.9. The van der Waals surface area contributed by atoms with E-state index in [-0.39, 0.29) is 0 Å². The summed E-state index contributed by atoms with van der Waals surface area (Å²) >= 11 is 1.61. The molecule has 2 heterocycles. The lowest BCUT2D eigenvalue weighted by Gasteiger charge is -2.03. The maximum absolute atomic E-state index is 5.33. The first-order chi connectivity index (χ1) is 12.9. The lowest BCUT2D eigenvalue weighted by atomic mass is 10.2. The highest BCUT2D eigenvalue weighted by Gasteiger charge is 2.10. The first-order valence-electron chi connectivity index (χ1n) is 8.25. The summed E-state index contributed by atoms with van der Waals surface area (Å²) in [4.78, 5) is 4.45. The molecule has 0 atom stereocenters. The minimum atomic E-state index is 0.626. The number of nitrogens with zero attached hydrogens (tertiary/aromatic N) is 6. The van der Waals surface area contributed by atoms with Gasteiger partial charge in [-0.1, -0.05) is 65.4 Å².